The second-order valence-corrected chi connectivity index (χ2v) is 5.30. The van der Waals surface area contributed by atoms with Gasteiger partial charge in [-0.25, -0.2) is 4.98 Å². The molecule has 0 aliphatic rings. The molecule has 1 N–H and O–H groups in total. The Morgan fingerprint density at radius 1 is 1.25 bits per heavy atom. The van der Waals surface area contributed by atoms with Crippen LogP contribution in [0.15, 0.2) is 42.0 Å². The van der Waals surface area contributed by atoms with Gasteiger partial charge in [0.25, 0.3) is 0 Å². The summed E-state index contributed by atoms with van der Waals surface area (Å²) in [6, 6.07) is 8.04. The number of carboxylic acid groups (broad SMARTS) is 1. The van der Waals surface area contributed by atoms with Crippen LogP contribution in [0.25, 0.3) is 21.3 Å². The fourth-order valence-electron chi connectivity index (χ4n) is 2.07. The minimum absolute atomic E-state index is 0.108. The van der Waals surface area contributed by atoms with Crippen molar-refractivity contribution in [1.82, 2.24) is 9.97 Å². The summed E-state index contributed by atoms with van der Waals surface area (Å²) in [6.45, 7) is 0. The molecular weight excluding hydrogens is 272 g/mol. The van der Waals surface area contributed by atoms with Crippen molar-refractivity contribution < 1.29 is 9.90 Å². The lowest BCUT2D eigenvalue weighted by Crippen LogP contribution is -1.97. The van der Waals surface area contributed by atoms with E-state index in [1.54, 1.807) is 0 Å². The molecule has 0 aliphatic carbocycles. The van der Waals surface area contributed by atoms with Crippen molar-refractivity contribution >= 4 is 28.1 Å². The van der Waals surface area contributed by atoms with Crippen molar-refractivity contribution in [2.75, 3.05) is 0 Å². The molecule has 2 heterocycles. The first kappa shape index (κ1) is 12.7. The minimum Gasteiger partial charge on any atom is -0.481 e. The van der Waals surface area contributed by atoms with Crippen LogP contribution in [0.3, 0.4) is 0 Å². The number of carboxylic acids is 1. The van der Waals surface area contributed by atoms with E-state index < -0.39 is 5.97 Å². The summed E-state index contributed by atoms with van der Waals surface area (Å²) in [5.74, 6) is -0.800. The molecule has 0 saturated carbocycles. The zero-order valence-electron chi connectivity index (χ0n) is 10.6. The van der Waals surface area contributed by atoms with E-state index >= 15 is 0 Å². The monoisotopic (exact) mass is 284 g/mol. The largest absolute Gasteiger partial charge is 0.481 e. The highest BCUT2D eigenvalue weighted by molar-refractivity contribution is 7.13. The fraction of sp³-hybridized carbons (Fsp3) is 0.133. The zero-order valence-corrected chi connectivity index (χ0v) is 11.4. The van der Waals surface area contributed by atoms with Crippen LogP contribution in [0.2, 0.25) is 0 Å². The molecule has 0 aliphatic heterocycles. The Bertz CT molecular complexity index is 762. The molecule has 0 radical (unpaired) electrons. The molecule has 0 unspecified atom stereocenters. The zero-order chi connectivity index (χ0) is 13.9. The Balaban J connectivity index is 1.97. The van der Waals surface area contributed by atoms with Crippen molar-refractivity contribution in [1.29, 1.82) is 0 Å². The molecule has 1 aromatic carbocycles. The van der Waals surface area contributed by atoms with E-state index in [2.05, 4.69) is 9.97 Å². The van der Waals surface area contributed by atoms with Gasteiger partial charge in [0.05, 0.1) is 12.1 Å². The molecule has 0 fully saturated rings. The highest BCUT2D eigenvalue weighted by Crippen LogP contribution is 2.30. The average molecular weight is 284 g/mol. The van der Waals surface area contributed by atoms with E-state index in [-0.39, 0.29) is 6.42 Å². The van der Waals surface area contributed by atoms with Crippen LogP contribution in [-0.4, -0.2) is 21.0 Å². The Kier molecular flexibility index (Phi) is 3.43. The predicted octanol–water partition coefficient (Wildman–Crippen LogP) is 3.38. The Morgan fingerprint density at radius 2 is 2.10 bits per heavy atom. The van der Waals surface area contributed by atoms with E-state index in [0.717, 1.165) is 27.0 Å². The molecule has 100 valence electrons. The Hall–Kier alpha value is -2.27. The summed E-state index contributed by atoms with van der Waals surface area (Å²) in [7, 11) is 0. The van der Waals surface area contributed by atoms with E-state index in [1.165, 1.54) is 11.3 Å². The molecule has 0 saturated heterocycles. The van der Waals surface area contributed by atoms with Gasteiger partial charge in [-0.2, -0.15) is 0 Å². The van der Waals surface area contributed by atoms with Crippen LogP contribution in [0.4, 0.5) is 0 Å². The number of aryl methyl sites for hydroxylation is 1. The topological polar surface area (TPSA) is 63.1 Å². The lowest BCUT2D eigenvalue weighted by Gasteiger charge is -2.02. The molecule has 0 atom stereocenters. The number of pyridine rings is 1. The van der Waals surface area contributed by atoms with Crippen molar-refractivity contribution in [3.63, 3.8) is 0 Å². The van der Waals surface area contributed by atoms with E-state index in [0.29, 0.717) is 6.42 Å². The summed E-state index contributed by atoms with van der Waals surface area (Å²) >= 11 is 1.53. The van der Waals surface area contributed by atoms with Crippen LogP contribution >= 0.6 is 11.3 Å². The SMILES string of the molecule is O=C(O)CCc1csc(-c2cncc3ccccc23)n1. The number of aromatic nitrogens is 2. The Labute approximate surface area is 119 Å². The van der Waals surface area contributed by atoms with Crippen LogP contribution < -0.4 is 0 Å². The maximum absolute atomic E-state index is 10.6. The van der Waals surface area contributed by atoms with Crippen molar-refractivity contribution in [3.05, 3.63) is 47.7 Å². The number of fused-ring (bicyclic) bond motifs is 1. The van der Waals surface area contributed by atoms with E-state index in [4.69, 9.17) is 5.11 Å². The molecule has 4 nitrogen and oxygen atoms in total. The number of carbonyl (C=O) groups is 1. The van der Waals surface area contributed by atoms with Gasteiger partial charge >= 0.3 is 5.97 Å². The van der Waals surface area contributed by atoms with Gasteiger partial charge in [0.2, 0.25) is 0 Å². The van der Waals surface area contributed by atoms with Gasteiger partial charge in [-0.05, 0) is 5.39 Å². The lowest BCUT2D eigenvalue weighted by molar-refractivity contribution is -0.136. The summed E-state index contributed by atoms with van der Waals surface area (Å²) in [4.78, 5) is 19.4. The third kappa shape index (κ3) is 2.53. The van der Waals surface area contributed by atoms with Crippen LogP contribution in [0.5, 0.6) is 0 Å². The summed E-state index contributed by atoms with van der Waals surface area (Å²) in [5, 5.41) is 13.7. The van der Waals surface area contributed by atoms with E-state index in [1.807, 2.05) is 42.0 Å². The first-order valence-corrected chi connectivity index (χ1v) is 7.11. The maximum atomic E-state index is 10.6. The van der Waals surface area contributed by atoms with Crippen LogP contribution in [0, 0.1) is 0 Å². The third-order valence-corrected chi connectivity index (χ3v) is 3.97. The quantitative estimate of drug-likeness (QED) is 0.797. The molecule has 0 amide bonds. The standard InChI is InChI=1S/C15H12N2O2S/c18-14(19)6-5-11-9-20-15(17-11)13-8-16-7-10-3-1-2-4-12(10)13/h1-4,7-9H,5-6H2,(H,18,19). The number of nitrogens with zero attached hydrogens (tertiary/aromatic N) is 2. The van der Waals surface area contributed by atoms with Crippen molar-refractivity contribution in [3.8, 4) is 10.6 Å². The number of benzene rings is 1. The van der Waals surface area contributed by atoms with Gasteiger partial charge < -0.3 is 5.11 Å². The fourth-order valence-corrected chi connectivity index (χ4v) is 2.95. The van der Waals surface area contributed by atoms with E-state index in [9.17, 15) is 4.79 Å². The highest BCUT2D eigenvalue weighted by Gasteiger charge is 2.09. The first-order valence-electron chi connectivity index (χ1n) is 6.23. The van der Waals surface area contributed by atoms with Gasteiger partial charge in [0.1, 0.15) is 5.01 Å². The number of hydrogen-bond acceptors (Lipinski definition) is 4. The normalized spacial score (nSPS) is 10.8. The molecule has 20 heavy (non-hydrogen) atoms. The smallest absolute Gasteiger partial charge is 0.303 e. The molecule has 3 rings (SSSR count). The predicted molar refractivity (Wildman–Crippen MR) is 78.8 cm³/mol. The number of hydrogen-bond donors (Lipinski definition) is 1. The van der Waals surface area contributed by atoms with Crippen LogP contribution in [0.1, 0.15) is 12.1 Å². The second kappa shape index (κ2) is 5.38. The maximum Gasteiger partial charge on any atom is 0.303 e. The molecule has 0 spiro atoms. The van der Waals surface area contributed by atoms with Gasteiger partial charge in [-0.1, -0.05) is 24.3 Å². The van der Waals surface area contributed by atoms with Gasteiger partial charge in [-0.3, -0.25) is 9.78 Å². The average Bonchev–Trinajstić information content (AvgIpc) is 2.93. The second-order valence-electron chi connectivity index (χ2n) is 4.45. The van der Waals surface area contributed by atoms with Gasteiger partial charge in [-0.15, -0.1) is 11.3 Å². The molecule has 0 bridgehead atoms. The van der Waals surface area contributed by atoms with Crippen LogP contribution in [-0.2, 0) is 11.2 Å². The lowest BCUT2D eigenvalue weighted by atomic mass is 10.1. The number of rotatable bonds is 4. The number of thiazole rings is 1. The molecule has 3 aromatic rings. The number of aliphatic carboxylic acids is 1. The first-order chi connectivity index (χ1) is 9.74. The summed E-state index contributed by atoms with van der Waals surface area (Å²) < 4.78 is 0. The highest BCUT2D eigenvalue weighted by atomic mass is 32.1. The van der Waals surface area contributed by atoms with Gasteiger partial charge in [0.15, 0.2) is 0 Å². The van der Waals surface area contributed by atoms with Gasteiger partial charge in [0, 0.05) is 35.1 Å². The summed E-state index contributed by atoms with van der Waals surface area (Å²) in [6.07, 6.45) is 4.21. The van der Waals surface area contributed by atoms with Crippen molar-refractivity contribution in [2.24, 2.45) is 0 Å². The van der Waals surface area contributed by atoms with Crippen molar-refractivity contribution in [2.45, 2.75) is 12.8 Å². The minimum atomic E-state index is -0.800. The molecule has 5 heteroatoms. The third-order valence-electron chi connectivity index (χ3n) is 3.05. The Morgan fingerprint density at radius 3 is 2.95 bits per heavy atom. The molecule has 2 aromatic heterocycles. The summed E-state index contributed by atoms with van der Waals surface area (Å²) in [5.41, 5.74) is 1.81. The molecular formula is C15H12N2O2S.